The van der Waals surface area contributed by atoms with E-state index in [0.717, 1.165) is 10.1 Å². The fraction of sp³-hybridized carbons (Fsp3) is 0.421. The lowest BCUT2D eigenvalue weighted by Gasteiger charge is -2.14. The Morgan fingerprint density at radius 2 is 1.87 bits per heavy atom. The molecule has 0 aliphatic rings. The van der Waals surface area contributed by atoms with Gasteiger partial charge in [0.15, 0.2) is 11.2 Å². The molecule has 3 aromatic rings. The Morgan fingerprint density at radius 1 is 1.17 bits per heavy atom. The standard InChI is InChI=1S/C19H26N6O4.ClH/c1-23-16-15(17(28)24(2)19(23)29)25(12-14(27)11-20-8-9-26)18(22-16)21-10-13-6-4-3-5-7-13;/h3-7,14,20,26-27H,8-12H2,1-2H3,(H,21,22);1H. The summed E-state index contributed by atoms with van der Waals surface area (Å²) in [4.78, 5) is 29.5. The number of halogens is 1. The summed E-state index contributed by atoms with van der Waals surface area (Å²) in [6.07, 6.45) is -0.766. The summed E-state index contributed by atoms with van der Waals surface area (Å²) in [6.45, 7) is 1.48. The first-order valence-electron chi connectivity index (χ1n) is 9.48. The van der Waals surface area contributed by atoms with Crippen molar-refractivity contribution in [2.75, 3.05) is 25.0 Å². The number of quaternary nitrogens is 1. The van der Waals surface area contributed by atoms with Crippen LogP contribution < -0.4 is 34.3 Å². The second kappa shape index (κ2) is 10.4. The first-order valence-corrected chi connectivity index (χ1v) is 9.48. The number of aromatic nitrogens is 4. The molecule has 0 spiro atoms. The monoisotopic (exact) mass is 438 g/mol. The summed E-state index contributed by atoms with van der Waals surface area (Å²) in [5.74, 6) is 0.406. The van der Waals surface area contributed by atoms with E-state index < -0.39 is 17.4 Å². The highest BCUT2D eigenvalue weighted by Crippen LogP contribution is 2.17. The van der Waals surface area contributed by atoms with E-state index in [0.29, 0.717) is 25.6 Å². The van der Waals surface area contributed by atoms with Gasteiger partial charge in [-0.25, -0.2) is 4.79 Å². The second-order valence-electron chi connectivity index (χ2n) is 6.95. The molecule has 10 nitrogen and oxygen atoms in total. The topological polar surface area (TPSA) is 131 Å². The summed E-state index contributed by atoms with van der Waals surface area (Å²) in [6, 6.07) is 9.72. The molecule has 30 heavy (non-hydrogen) atoms. The van der Waals surface area contributed by atoms with Gasteiger partial charge in [0, 0.05) is 20.6 Å². The molecule has 11 heteroatoms. The van der Waals surface area contributed by atoms with Gasteiger partial charge >= 0.3 is 5.69 Å². The number of hydrogen-bond acceptors (Lipinski definition) is 6. The minimum Gasteiger partial charge on any atom is -1.00 e. The fourth-order valence-electron chi connectivity index (χ4n) is 3.22. The zero-order valence-corrected chi connectivity index (χ0v) is 17.7. The molecule has 1 aromatic carbocycles. The maximum absolute atomic E-state index is 12.8. The predicted octanol–water partition coefficient (Wildman–Crippen LogP) is -5.03. The first kappa shape index (κ1) is 23.6. The fourth-order valence-corrected chi connectivity index (χ4v) is 3.22. The van der Waals surface area contributed by atoms with Gasteiger partial charge in [0.1, 0.15) is 12.6 Å². The van der Waals surface area contributed by atoms with Crippen molar-refractivity contribution in [2.24, 2.45) is 14.1 Å². The van der Waals surface area contributed by atoms with Gasteiger partial charge in [0.25, 0.3) is 5.56 Å². The molecule has 0 aliphatic heterocycles. The van der Waals surface area contributed by atoms with E-state index in [1.165, 1.54) is 11.6 Å². The molecule has 0 fully saturated rings. The lowest BCUT2D eigenvalue weighted by atomic mass is 10.2. The van der Waals surface area contributed by atoms with E-state index >= 15 is 0 Å². The summed E-state index contributed by atoms with van der Waals surface area (Å²) in [5.41, 5.74) is 0.629. The van der Waals surface area contributed by atoms with Crippen LogP contribution in [-0.4, -0.2) is 54.7 Å². The summed E-state index contributed by atoms with van der Waals surface area (Å²) in [5, 5.41) is 24.4. The Hall–Kier alpha value is -2.66. The molecule has 0 aliphatic carbocycles. The van der Waals surface area contributed by atoms with Crippen LogP contribution in [0, 0.1) is 0 Å². The number of benzene rings is 1. The van der Waals surface area contributed by atoms with E-state index in [1.807, 2.05) is 30.3 Å². The lowest BCUT2D eigenvalue weighted by Crippen LogP contribution is -3.00. The van der Waals surface area contributed by atoms with Crippen LogP contribution in [0.3, 0.4) is 0 Å². The number of nitrogens with one attached hydrogen (secondary N) is 1. The average molecular weight is 439 g/mol. The predicted molar refractivity (Wildman–Crippen MR) is 109 cm³/mol. The van der Waals surface area contributed by atoms with E-state index in [2.05, 4.69) is 10.3 Å². The van der Waals surface area contributed by atoms with Crippen LogP contribution in [0.1, 0.15) is 5.56 Å². The number of aliphatic hydroxyl groups is 2. The number of nitrogens with two attached hydrogens (primary N) is 1. The molecule has 0 bridgehead atoms. The molecule has 1 atom stereocenters. The van der Waals surface area contributed by atoms with Crippen LogP contribution in [0.15, 0.2) is 39.9 Å². The molecule has 0 amide bonds. The molecule has 0 saturated carbocycles. The van der Waals surface area contributed by atoms with Gasteiger partial charge in [-0.05, 0) is 5.56 Å². The number of anilines is 1. The van der Waals surface area contributed by atoms with E-state index in [9.17, 15) is 14.7 Å². The highest BCUT2D eigenvalue weighted by molar-refractivity contribution is 5.74. The Bertz CT molecular complexity index is 1090. The second-order valence-corrected chi connectivity index (χ2v) is 6.95. The van der Waals surface area contributed by atoms with Gasteiger partial charge in [-0.15, -0.1) is 0 Å². The zero-order valence-electron chi connectivity index (χ0n) is 17.0. The Morgan fingerprint density at radius 3 is 2.53 bits per heavy atom. The Labute approximate surface area is 179 Å². The van der Waals surface area contributed by atoms with Gasteiger partial charge in [0.05, 0.1) is 19.7 Å². The van der Waals surface area contributed by atoms with E-state index in [-0.39, 0.29) is 36.7 Å². The van der Waals surface area contributed by atoms with E-state index in [4.69, 9.17) is 5.11 Å². The van der Waals surface area contributed by atoms with Crippen molar-refractivity contribution in [3.05, 3.63) is 56.7 Å². The SMILES string of the molecule is Cn1c(=O)c2c(nc(NCc3ccccc3)n2CC(O)C[NH2+]CCO)n(C)c1=O.[Cl-]. The number of nitrogens with zero attached hydrogens (tertiary/aromatic N) is 4. The number of hydrogen-bond donors (Lipinski definition) is 4. The Balaban J connectivity index is 0.00000320. The summed E-state index contributed by atoms with van der Waals surface area (Å²) < 4.78 is 3.98. The van der Waals surface area contributed by atoms with Crippen LogP contribution in [0.4, 0.5) is 5.95 Å². The number of aryl methyl sites for hydroxylation is 1. The minimum atomic E-state index is -0.766. The van der Waals surface area contributed by atoms with Crippen LogP contribution in [-0.2, 0) is 27.2 Å². The minimum absolute atomic E-state index is 0. The van der Waals surface area contributed by atoms with Gasteiger partial charge in [-0.3, -0.25) is 13.9 Å². The normalized spacial score (nSPS) is 12.0. The molecule has 164 valence electrons. The highest BCUT2D eigenvalue weighted by Gasteiger charge is 2.21. The number of imidazole rings is 1. The lowest BCUT2D eigenvalue weighted by molar-refractivity contribution is -0.662. The van der Waals surface area contributed by atoms with Gasteiger partial charge in [0.2, 0.25) is 5.95 Å². The van der Waals surface area contributed by atoms with Crippen molar-refractivity contribution < 1.29 is 27.9 Å². The number of rotatable bonds is 9. The summed E-state index contributed by atoms with van der Waals surface area (Å²) >= 11 is 0. The average Bonchev–Trinajstić information content (AvgIpc) is 3.08. The Kier molecular flexibility index (Phi) is 8.18. The van der Waals surface area contributed by atoms with Gasteiger partial charge < -0.3 is 37.8 Å². The van der Waals surface area contributed by atoms with Gasteiger partial charge in [-0.1, -0.05) is 30.3 Å². The maximum atomic E-state index is 12.8. The van der Waals surface area contributed by atoms with Crippen molar-refractivity contribution >= 4 is 17.1 Å². The van der Waals surface area contributed by atoms with Crippen molar-refractivity contribution in [1.29, 1.82) is 0 Å². The molecule has 2 aromatic heterocycles. The van der Waals surface area contributed by atoms with Crippen molar-refractivity contribution in [3.63, 3.8) is 0 Å². The molecule has 0 radical (unpaired) electrons. The van der Waals surface area contributed by atoms with Crippen LogP contribution >= 0.6 is 0 Å². The third-order valence-corrected chi connectivity index (χ3v) is 4.81. The van der Waals surface area contributed by atoms with Crippen LogP contribution in [0.5, 0.6) is 0 Å². The molecule has 2 heterocycles. The zero-order chi connectivity index (χ0) is 21.0. The smallest absolute Gasteiger partial charge is 0.332 e. The molecule has 1 unspecified atom stereocenters. The van der Waals surface area contributed by atoms with Crippen LogP contribution in [0.25, 0.3) is 11.2 Å². The van der Waals surface area contributed by atoms with Crippen molar-refractivity contribution in [2.45, 2.75) is 19.2 Å². The van der Waals surface area contributed by atoms with E-state index in [1.54, 1.807) is 16.9 Å². The third-order valence-electron chi connectivity index (χ3n) is 4.81. The molecule has 0 saturated heterocycles. The number of aliphatic hydroxyl groups excluding tert-OH is 2. The molecular formula is C19H27ClN6O4. The first-order chi connectivity index (χ1) is 13.9. The number of fused-ring (bicyclic) bond motifs is 1. The van der Waals surface area contributed by atoms with Crippen LogP contribution in [0.2, 0.25) is 0 Å². The largest absolute Gasteiger partial charge is 1.00 e. The van der Waals surface area contributed by atoms with Gasteiger partial charge in [-0.2, -0.15) is 4.98 Å². The third kappa shape index (κ3) is 4.90. The molecular weight excluding hydrogens is 412 g/mol. The quantitative estimate of drug-likeness (QED) is 0.247. The highest BCUT2D eigenvalue weighted by atomic mass is 35.5. The molecule has 5 N–H and O–H groups in total. The maximum Gasteiger partial charge on any atom is 0.332 e. The van der Waals surface area contributed by atoms with Crippen molar-refractivity contribution in [1.82, 2.24) is 18.7 Å². The summed E-state index contributed by atoms with van der Waals surface area (Å²) in [7, 11) is 2.98. The molecule has 3 rings (SSSR count). The van der Waals surface area contributed by atoms with Crippen molar-refractivity contribution in [3.8, 4) is 0 Å².